The van der Waals surface area contributed by atoms with Crippen LogP contribution < -0.4 is 10.7 Å². The Bertz CT molecular complexity index is 1230. The van der Waals surface area contributed by atoms with Crippen molar-refractivity contribution in [3.63, 3.8) is 0 Å². The zero-order valence-electron chi connectivity index (χ0n) is 19.1. The molecule has 36 heavy (non-hydrogen) atoms. The number of hydrogen-bond donors (Lipinski definition) is 3. The fraction of sp³-hybridized carbons (Fsp3) is 0.348. The summed E-state index contributed by atoms with van der Waals surface area (Å²) in [7, 11) is 0. The number of carboxylic acid groups (broad SMARTS) is 1. The molecule has 3 heterocycles. The molecule has 0 bridgehead atoms. The van der Waals surface area contributed by atoms with Gasteiger partial charge in [-0.25, -0.2) is 19.8 Å². The van der Waals surface area contributed by atoms with Crippen LogP contribution in [0.2, 0.25) is 0 Å². The molecule has 0 aliphatic carbocycles. The molecule has 2 aliphatic rings. The summed E-state index contributed by atoms with van der Waals surface area (Å²) in [6.07, 6.45) is 1.54. The van der Waals surface area contributed by atoms with Crippen LogP contribution in [0.5, 0.6) is 0 Å². The molecule has 0 spiro atoms. The Hall–Kier alpha value is -4.55. The molecule has 1 aromatic heterocycles. The summed E-state index contributed by atoms with van der Waals surface area (Å²) < 4.78 is 0. The maximum Gasteiger partial charge on any atom is 0.358 e. The van der Waals surface area contributed by atoms with Crippen molar-refractivity contribution in [3.05, 3.63) is 42.1 Å². The van der Waals surface area contributed by atoms with Gasteiger partial charge in [-0.05, 0) is 25.0 Å². The number of carboxylic acids is 1. The standard InChI is InChI=1S/C23H24N6O7/c30-13-16(11-20(32)33)25-22(35)18-6-3-8-28-19(31)7-9-27(23(36)29(18)28)26-21(34)15-10-14-4-1-2-5-17(14)24-12-15/h1-2,4-5,10,12-13,16,18H,3,6-9,11H2,(H,25,35)(H,26,34)(H,32,33)/t16?,18-/m0/s1. The average molecular weight is 496 g/mol. The van der Waals surface area contributed by atoms with Gasteiger partial charge in [-0.15, -0.1) is 0 Å². The molecule has 13 heteroatoms. The molecule has 2 fully saturated rings. The van der Waals surface area contributed by atoms with Crippen LogP contribution >= 0.6 is 0 Å². The lowest BCUT2D eigenvalue weighted by molar-refractivity contribution is -0.155. The predicted octanol–water partition coefficient (Wildman–Crippen LogP) is 0.0717. The van der Waals surface area contributed by atoms with Gasteiger partial charge in [0.1, 0.15) is 12.3 Å². The molecule has 1 aromatic carbocycles. The van der Waals surface area contributed by atoms with E-state index in [1.807, 2.05) is 6.07 Å². The lowest BCUT2D eigenvalue weighted by atomic mass is 10.1. The topological polar surface area (TPSA) is 169 Å². The molecule has 3 N–H and O–H groups in total. The van der Waals surface area contributed by atoms with E-state index in [9.17, 15) is 28.8 Å². The van der Waals surface area contributed by atoms with Crippen molar-refractivity contribution in [2.24, 2.45) is 0 Å². The van der Waals surface area contributed by atoms with Gasteiger partial charge in [-0.3, -0.25) is 29.6 Å². The number of nitrogens with zero attached hydrogens (tertiary/aromatic N) is 4. The molecule has 2 atom stereocenters. The monoisotopic (exact) mass is 496 g/mol. The Morgan fingerprint density at radius 2 is 1.97 bits per heavy atom. The highest BCUT2D eigenvalue weighted by atomic mass is 16.4. The fourth-order valence-electron chi connectivity index (χ4n) is 4.20. The van der Waals surface area contributed by atoms with Crippen LogP contribution in [0.1, 0.15) is 36.0 Å². The number of carbonyl (C=O) groups is 6. The molecular weight excluding hydrogens is 472 g/mol. The van der Waals surface area contributed by atoms with Gasteiger partial charge in [0.25, 0.3) is 5.91 Å². The van der Waals surface area contributed by atoms with E-state index in [0.717, 1.165) is 20.4 Å². The Kier molecular flexibility index (Phi) is 7.08. The second-order valence-electron chi connectivity index (χ2n) is 8.41. The third-order valence-electron chi connectivity index (χ3n) is 5.95. The van der Waals surface area contributed by atoms with Crippen LogP contribution in [-0.2, 0) is 19.2 Å². The van der Waals surface area contributed by atoms with Crippen molar-refractivity contribution < 1.29 is 33.9 Å². The third kappa shape index (κ3) is 5.09. The summed E-state index contributed by atoms with van der Waals surface area (Å²) in [6, 6.07) is 5.56. The van der Waals surface area contributed by atoms with Gasteiger partial charge in [0.15, 0.2) is 0 Å². The van der Waals surface area contributed by atoms with Crippen molar-refractivity contribution in [3.8, 4) is 0 Å². The van der Waals surface area contributed by atoms with Gasteiger partial charge in [-0.1, -0.05) is 18.2 Å². The lowest BCUT2D eigenvalue weighted by Crippen LogP contribution is -2.64. The number of hydrazine groups is 2. The van der Waals surface area contributed by atoms with Crippen LogP contribution in [0, 0.1) is 0 Å². The summed E-state index contributed by atoms with van der Waals surface area (Å²) >= 11 is 0. The smallest absolute Gasteiger partial charge is 0.358 e. The number of amides is 5. The molecule has 2 aliphatic heterocycles. The van der Waals surface area contributed by atoms with Crippen molar-refractivity contribution in [2.75, 3.05) is 13.1 Å². The van der Waals surface area contributed by atoms with Crippen LogP contribution in [0.4, 0.5) is 4.79 Å². The minimum Gasteiger partial charge on any atom is -0.481 e. The number of fused-ring (bicyclic) bond motifs is 2. The first-order valence-electron chi connectivity index (χ1n) is 11.3. The number of rotatable bonds is 7. The highest BCUT2D eigenvalue weighted by Crippen LogP contribution is 2.24. The van der Waals surface area contributed by atoms with E-state index in [4.69, 9.17) is 5.11 Å². The molecule has 4 rings (SSSR count). The van der Waals surface area contributed by atoms with Gasteiger partial charge in [-0.2, -0.15) is 0 Å². The number of aromatic nitrogens is 1. The van der Waals surface area contributed by atoms with Crippen molar-refractivity contribution in [1.29, 1.82) is 0 Å². The number of carbonyl (C=O) groups excluding carboxylic acids is 5. The number of pyridine rings is 1. The largest absolute Gasteiger partial charge is 0.481 e. The van der Waals surface area contributed by atoms with E-state index in [0.29, 0.717) is 18.2 Å². The van der Waals surface area contributed by atoms with E-state index >= 15 is 0 Å². The first kappa shape index (κ1) is 24.6. The first-order chi connectivity index (χ1) is 17.3. The summed E-state index contributed by atoms with van der Waals surface area (Å²) in [5.74, 6) is -3.09. The van der Waals surface area contributed by atoms with E-state index in [1.54, 1.807) is 24.3 Å². The molecule has 13 nitrogen and oxygen atoms in total. The zero-order chi connectivity index (χ0) is 25.8. The number of aliphatic carboxylic acids is 1. The molecule has 5 amide bonds. The molecule has 188 valence electrons. The molecule has 2 aromatic rings. The van der Waals surface area contributed by atoms with E-state index in [2.05, 4.69) is 15.7 Å². The molecule has 0 saturated carbocycles. The Morgan fingerprint density at radius 3 is 2.72 bits per heavy atom. The summed E-state index contributed by atoms with van der Waals surface area (Å²) in [5, 5.41) is 15.1. The number of nitrogens with one attached hydrogen (secondary N) is 2. The average Bonchev–Trinajstić information content (AvgIpc) is 2.99. The number of para-hydroxylation sites is 1. The van der Waals surface area contributed by atoms with Crippen LogP contribution in [0.25, 0.3) is 10.9 Å². The Labute approximate surface area is 205 Å². The van der Waals surface area contributed by atoms with Gasteiger partial charge in [0, 0.05) is 24.5 Å². The maximum atomic E-state index is 13.4. The normalized spacial score (nSPS) is 18.8. The lowest BCUT2D eigenvalue weighted by Gasteiger charge is -2.42. The van der Waals surface area contributed by atoms with Crippen molar-refractivity contribution in [1.82, 2.24) is 30.8 Å². The predicted molar refractivity (Wildman–Crippen MR) is 123 cm³/mol. The second-order valence-corrected chi connectivity index (χ2v) is 8.41. The van der Waals surface area contributed by atoms with Crippen molar-refractivity contribution in [2.45, 2.75) is 37.8 Å². The number of aldehydes is 1. The SMILES string of the molecule is O=CC(CC(=O)O)NC(=O)[C@@H]1CCCN2C(=O)CCN(NC(=O)c3cnc4ccccc4c3)C(=O)N12. The van der Waals surface area contributed by atoms with Gasteiger partial charge in [0.05, 0.1) is 30.1 Å². The molecule has 0 radical (unpaired) electrons. The molecule has 2 saturated heterocycles. The van der Waals surface area contributed by atoms with Gasteiger partial charge in [0.2, 0.25) is 11.8 Å². The fourth-order valence-corrected chi connectivity index (χ4v) is 4.20. The minimum absolute atomic E-state index is 0.0944. The van der Waals surface area contributed by atoms with E-state index in [1.165, 1.54) is 6.20 Å². The Morgan fingerprint density at radius 1 is 1.19 bits per heavy atom. The highest BCUT2D eigenvalue weighted by Gasteiger charge is 2.44. The Balaban J connectivity index is 1.54. The number of urea groups is 1. The van der Waals surface area contributed by atoms with E-state index in [-0.39, 0.29) is 31.5 Å². The summed E-state index contributed by atoms with van der Waals surface area (Å²) in [6.45, 7) is 0.0682. The van der Waals surface area contributed by atoms with Gasteiger partial charge < -0.3 is 15.2 Å². The van der Waals surface area contributed by atoms with Crippen molar-refractivity contribution >= 4 is 46.9 Å². The first-order valence-corrected chi connectivity index (χ1v) is 11.3. The second kappa shape index (κ2) is 10.4. The number of benzene rings is 1. The third-order valence-corrected chi connectivity index (χ3v) is 5.95. The highest BCUT2D eigenvalue weighted by molar-refractivity contribution is 5.99. The van der Waals surface area contributed by atoms with Crippen LogP contribution in [-0.4, -0.2) is 86.3 Å². The summed E-state index contributed by atoms with van der Waals surface area (Å²) in [4.78, 5) is 78.5. The van der Waals surface area contributed by atoms with Crippen LogP contribution in [0.15, 0.2) is 36.5 Å². The molecular formula is C23H24N6O7. The maximum absolute atomic E-state index is 13.4. The summed E-state index contributed by atoms with van der Waals surface area (Å²) in [5.41, 5.74) is 3.39. The zero-order valence-corrected chi connectivity index (χ0v) is 19.1. The number of hydrogen-bond acceptors (Lipinski definition) is 7. The minimum atomic E-state index is -1.29. The molecule has 1 unspecified atom stereocenters. The van der Waals surface area contributed by atoms with Crippen LogP contribution in [0.3, 0.4) is 0 Å². The quantitative estimate of drug-likeness (QED) is 0.452. The van der Waals surface area contributed by atoms with E-state index < -0.39 is 48.2 Å². The van der Waals surface area contributed by atoms with Gasteiger partial charge >= 0.3 is 12.0 Å².